The molecule has 3 heterocycles. The summed E-state index contributed by atoms with van der Waals surface area (Å²) >= 11 is 0. The summed E-state index contributed by atoms with van der Waals surface area (Å²) in [6, 6.07) is 11.8. The molecule has 3 aromatic rings. The molecule has 0 spiro atoms. The second-order valence-corrected chi connectivity index (χ2v) is 6.45. The van der Waals surface area contributed by atoms with Crippen LogP contribution in [0.2, 0.25) is 0 Å². The first kappa shape index (κ1) is 16.5. The number of nitrogens with zero attached hydrogens (tertiary/aromatic N) is 4. The number of aryl methyl sites for hydroxylation is 1. The molecule has 2 N–H and O–H groups in total. The molecule has 26 heavy (non-hydrogen) atoms. The molecule has 0 radical (unpaired) electrons. The Labute approximate surface area is 152 Å². The summed E-state index contributed by atoms with van der Waals surface area (Å²) in [6.45, 7) is 3.21. The Kier molecular flexibility index (Phi) is 4.79. The summed E-state index contributed by atoms with van der Waals surface area (Å²) in [5, 5.41) is 10.9. The summed E-state index contributed by atoms with van der Waals surface area (Å²) in [5.41, 5.74) is 2.62. The number of nitrogens with one attached hydrogen (secondary N) is 2. The molecule has 0 aliphatic carbocycles. The number of hydrogen-bond donors (Lipinski definition) is 2. The lowest BCUT2D eigenvalue weighted by atomic mass is 10.0. The molecule has 1 amide bonds. The van der Waals surface area contributed by atoms with E-state index < -0.39 is 0 Å². The average Bonchev–Trinajstić information content (AvgIpc) is 3.35. The molecule has 7 heteroatoms. The smallest absolute Gasteiger partial charge is 0.272 e. The molecule has 4 rings (SSSR count). The number of carbonyl (C=O) groups is 1. The van der Waals surface area contributed by atoms with E-state index in [2.05, 4.69) is 20.7 Å². The fraction of sp³-hybridized carbons (Fsp3) is 0.316. The van der Waals surface area contributed by atoms with Crippen LogP contribution in [0.3, 0.4) is 0 Å². The number of amides is 1. The topological polar surface area (TPSA) is 76.8 Å². The van der Waals surface area contributed by atoms with Gasteiger partial charge in [0.1, 0.15) is 0 Å². The van der Waals surface area contributed by atoms with Crippen molar-refractivity contribution in [2.75, 3.05) is 6.54 Å². The monoisotopic (exact) mass is 350 g/mol. The van der Waals surface area contributed by atoms with Crippen LogP contribution in [0.25, 0.3) is 0 Å². The minimum Gasteiger partial charge on any atom is -0.344 e. The minimum absolute atomic E-state index is 0.0806. The summed E-state index contributed by atoms with van der Waals surface area (Å²) < 4.78 is 3.93. The Morgan fingerprint density at radius 2 is 2.19 bits per heavy atom. The Morgan fingerprint density at radius 3 is 2.96 bits per heavy atom. The van der Waals surface area contributed by atoms with Crippen LogP contribution in [0, 0.1) is 0 Å². The highest BCUT2D eigenvalue weighted by Gasteiger charge is 2.20. The van der Waals surface area contributed by atoms with Crippen molar-refractivity contribution in [1.29, 1.82) is 0 Å². The summed E-state index contributed by atoms with van der Waals surface area (Å²) in [4.78, 5) is 16.9. The third kappa shape index (κ3) is 3.67. The van der Waals surface area contributed by atoms with Gasteiger partial charge in [-0.15, -0.1) is 0 Å². The third-order valence-electron chi connectivity index (χ3n) is 4.64. The largest absolute Gasteiger partial charge is 0.344 e. The lowest BCUT2D eigenvalue weighted by molar-refractivity contribution is 0.0927. The number of aromatic nitrogens is 4. The quantitative estimate of drug-likeness (QED) is 0.710. The van der Waals surface area contributed by atoms with Crippen LogP contribution in [0.4, 0.5) is 0 Å². The maximum atomic E-state index is 12.8. The van der Waals surface area contributed by atoms with Crippen LogP contribution < -0.4 is 10.6 Å². The highest BCUT2D eigenvalue weighted by Crippen LogP contribution is 2.19. The van der Waals surface area contributed by atoms with Gasteiger partial charge in [0.2, 0.25) is 0 Å². The lowest BCUT2D eigenvalue weighted by Gasteiger charge is -2.19. The number of carbonyl (C=O) groups excluding carboxylic acids is 1. The van der Waals surface area contributed by atoms with Gasteiger partial charge < -0.3 is 15.2 Å². The highest BCUT2D eigenvalue weighted by atomic mass is 16.2. The van der Waals surface area contributed by atoms with Crippen LogP contribution in [0.5, 0.6) is 0 Å². The van der Waals surface area contributed by atoms with E-state index >= 15 is 0 Å². The molecular weight excluding hydrogens is 328 g/mol. The maximum Gasteiger partial charge on any atom is 0.272 e. The first-order chi connectivity index (χ1) is 12.8. The average molecular weight is 350 g/mol. The molecule has 2 aromatic heterocycles. The number of hydrogen-bond acceptors (Lipinski definition) is 4. The SMILES string of the molecule is O=C(N[C@H](CCn1ccnc1)c1ccccc1)c1cc2n(n1)CCNC2. The second kappa shape index (κ2) is 7.53. The van der Waals surface area contributed by atoms with Crippen molar-refractivity contribution in [3.8, 4) is 0 Å². The molecule has 0 bridgehead atoms. The molecular formula is C19H22N6O. The van der Waals surface area contributed by atoms with Crippen molar-refractivity contribution in [2.45, 2.75) is 32.1 Å². The number of fused-ring (bicyclic) bond motifs is 1. The van der Waals surface area contributed by atoms with Crippen LogP contribution in [0.1, 0.15) is 34.2 Å². The zero-order valence-electron chi connectivity index (χ0n) is 14.5. The maximum absolute atomic E-state index is 12.8. The van der Waals surface area contributed by atoms with E-state index in [0.717, 1.165) is 43.9 Å². The van der Waals surface area contributed by atoms with E-state index in [0.29, 0.717) is 5.69 Å². The molecule has 134 valence electrons. The van der Waals surface area contributed by atoms with Crippen molar-refractivity contribution >= 4 is 5.91 Å². The van der Waals surface area contributed by atoms with Crippen molar-refractivity contribution in [2.24, 2.45) is 0 Å². The number of imidazole rings is 1. The lowest BCUT2D eigenvalue weighted by Crippen LogP contribution is -2.30. The Balaban J connectivity index is 1.50. The van der Waals surface area contributed by atoms with Gasteiger partial charge in [0.25, 0.3) is 5.91 Å². The van der Waals surface area contributed by atoms with E-state index in [1.807, 2.05) is 51.8 Å². The molecule has 1 aliphatic rings. The van der Waals surface area contributed by atoms with Gasteiger partial charge in [-0.1, -0.05) is 30.3 Å². The predicted octanol–water partition coefficient (Wildman–Crippen LogP) is 1.74. The molecule has 1 aliphatic heterocycles. The van der Waals surface area contributed by atoms with Gasteiger partial charge in [0, 0.05) is 32.0 Å². The van der Waals surface area contributed by atoms with E-state index in [1.165, 1.54) is 0 Å². The van der Waals surface area contributed by atoms with Gasteiger partial charge in [-0.05, 0) is 18.1 Å². The van der Waals surface area contributed by atoms with Gasteiger partial charge in [-0.3, -0.25) is 9.48 Å². The minimum atomic E-state index is -0.133. The van der Waals surface area contributed by atoms with Crippen LogP contribution in [-0.4, -0.2) is 31.8 Å². The molecule has 0 saturated heterocycles. The Morgan fingerprint density at radius 1 is 1.31 bits per heavy atom. The van der Waals surface area contributed by atoms with Crippen molar-refractivity contribution in [3.63, 3.8) is 0 Å². The van der Waals surface area contributed by atoms with Crippen LogP contribution >= 0.6 is 0 Å². The first-order valence-corrected chi connectivity index (χ1v) is 8.88. The first-order valence-electron chi connectivity index (χ1n) is 8.88. The zero-order chi connectivity index (χ0) is 17.8. The number of rotatable bonds is 6. The highest BCUT2D eigenvalue weighted by molar-refractivity contribution is 5.92. The fourth-order valence-electron chi connectivity index (χ4n) is 3.24. The van der Waals surface area contributed by atoms with Gasteiger partial charge in [0.05, 0.1) is 24.6 Å². The number of benzene rings is 1. The predicted molar refractivity (Wildman–Crippen MR) is 97.4 cm³/mol. The molecule has 7 nitrogen and oxygen atoms in total. The Hall–Kier alpha value is -2.93. The Bertz CT molecular complexity index is 832. The molecule has 0 fully saturated rings. The second-order valence-electron chi connectivity index (χ2n) is 6.45. The molecule has 0 saturated carbocycles. The summed E-state index contributed by atoms with van der Waals surface area (Å²) in [7, 11) is 0. The molecule has 0 unspecified atom stereocenters. The van der Waals surface area contributed by atoms with E-state index in [-0.39, 0.29) is 11.9 Å². The molecule has 1 aromatic carbocycles. The summed E-state index contributed by atoms with van der Waals surface area (Å²) in [6.07, 6.45) is 6.27. The fourth-order valence-corrected chi connectivity index (χ4v) is 3.24. The molecule has 1 atom stereocenters. The summed E-state index contributed by atoms with van der Waals surface area (Å²) in [5.74, 6) is -0.133. The van der Waals surface area contributed by atoms with E-state index in [4.69, 9.17) is 0 Å². The van der Waals surface area contributed by atoms with Gasteiger partial charge in [0.15, 0.2) is 5.69 Å². The normalized spacial score (nSPS) is 14.6. The van der Waals surface area contributed by atoms with Crippen molar-refractivity contribution < 1.29 is 4.79 Å². The van der Waals surface area contributed by atoms with E-state index in [1.54, 1.807) is 12.5 Å². The van der Waals surface area contributed by atoms with Crippen molar-refractivity contribution in [1.82, 2.24) is 30.0 Å². The van der Waals surface area contributed by atoms with Crippen molar-refractivity contribution in [3.05, 3.63) is 72.1 Å². The zero-order valence-corrected chi connectivity index (χ0v) is 14.5. The van der Waals surface area contributed by atoms with Gasteiger partial charge >= 0.3 is 0 Å². The van der Waals surface area contributed by atoms with Gasteiger partial charge in [-0.25, -0.2) is 4.98 Å². The van der Waals surface area contributed by atoms with Crippen LogP contribution in [0.15, 0.2) is 55.1 Å². The van der Waals surface area contributed by atoms with E-state index in [9.17, 15) is 4.79 Å². The van der Waals surface area contributed by atoms with Gasteiger partial charge in [-0.2, -0.15) is 5.10 Å². The standard InChI is InChI=1S/C19H22N6O/c26-19(18-12-16-13-20-8-11-25(16)23-18)22-17(15-4-2-1-3-5-15)6-9-24-10-7-21-14-24/h1-5,7,10,12,14,17,20H,6,8-9,11,13H2,(H,22,26)/t17-/m1/s1. The third-order valence-corrected chi connectivity index (χ3v) is 4.64. The van der Waals surface area contributed by atoms with Crippen LogP contribution in [-0.2, 0) is 19.6 Å².